The summed E-state index contributed by atoms with van der Waals surface area (Å²) < 4.78 is 0. The van der Waals surface area contributed by atoms with Gasteiger partial charge >= 0.3 is 0 Å². The van der Waals surface area contributed by atoms with Crippen molar-refractivity contribution in [3.05, 3.63) is 58.7 Å². The van der Waals surface area contributed by atoms with E-state index in [1.807, 2.05) is 13.0 Å². The van der Waals surface area contributed by atoms with Gasteiger partial charge in [0.1, 0.15) is 11.5 Å². The van der Waals surface area contributed by atoms with Crippen molar-refractivity contribution in [2.75, 3.05) is 0 Å². The molecule has 0 fully saturated rings. The van der Waals surface area contributed by atoms with Crippen LogP contribution in [0.1, 0.15) is 51.2 Å². The van der Waals surface area contributed by atoms with Gasteiger partial charge in [0.25, 0.3) is 0 Å². The van der Waals surface area contributed by atoms with Crippen LogP contribution in [0.15, 0.2) is 47.6 Å². The SMILES string of the molecule is CC1=C[C@H](c2cc(O)c(C)cc2O)[C@]2(/C=C/C(C)(C)O)C(=O)C=C(C)C(=O)[C@@H]2C1. The Kier molecular flexibility index (Phi) is 5.08. The summed E-state index contributed by atoms with van der Waals surface area (Å²) in [5, 5.41) is 31.2. The van der Waals surface area contributed by atoms with Crippen LogP contribution in [0.5, 0.6) is 11.5 Å². The second kappa shape index (κ2) is 6.99. The number of ketones is 2. The molecule has 3 rings (SSSR count). The number of hydrogen-bond acceptors (Lipinski definition) is 5. The smallest absolute Gasteiger partial charge is 0.167 e. The van der Waals surface area contributed by atoms with Gasteiger partial charge in [0.2, 0.25) is 0 Å². The van der Waals surface area contributed by atoms with Gasteiger partial charge in [0, 0.05) is 17.4 Å². The molecule has 2 aliphatic rings. The van der Waals surface area contributed by atoms with Gasteiger partial charge in [-0.2, -0.15) is 0 Å². The monoisotopic (exact) mass is 396 g/mol. The zero-order chi connectivity index (χ0) is 21.7. The minimum Gasteiger partial charge on any atom is -0.508 e. The summed E-state index contributed by atoms with van der Waals surface area (Å²) in [5.74, 6) is -1.69. The van der Waals surface area contributed by atoms with Crippen LogP contribution in [-0.2, 0) is 9.59 Å². The number of phenols is 2. The van der Waals surface area contributed by atoms with Crippen LogP contribution in [0, 0.1) is 18.3 Å². The van der Waals surface area contributed by atoms with Crippen LogP contribution in [0.2, 0.25) is 0 Å². The van der Waals surface area contributed by atoms with Crippen molar-refractivity contribution in [2.24, 2.45) is 11.3 Å². The maximum Gasteiger partial charge on any atom is 0.167 e. The quantitative estimate of drug-likeness (QED) is 0.533. The molecule has 2 aliphatic carbocycles. The topological polar surface area (TPSA) is 94.8 Å². The Bertz CT molecular complexity index is 974. The van der Waals surface area contributed by atoms with E-state index in [1.54, 1.807) is 33.8 Å². The van der Waals surface area contributed by atoms with E-state index in [4.69, 9.17) is 0 Å². The van der Waals surface area contributed by atoms with Gasteiger partial charge in [-0.15, -0.1) is 0 Å². The maximum atomic E-state index is 13.4. The predicted molar refractivity (Wildman–Crippen MR) is 111 cm³/mol. The van der Waals surface area contributed by atoms with Crippen LogP contribution in [0.4, 0.5) is 0 Å². The molecule has 0 radical (unpaired) electrons. The average Bonchev–Trinajstić information content (AvgIpc) is 2.60. The minimum atomic E-state index is -1.28. The van der Waals surface area contributed by atoms with Crippen molar-refractivity contribution in [1.82, 2.24) is 0 Å². The van der Waals surface area contributed by atoms with Crippen molar-refractivity contribution in [1.29, 1.82) is 0 Å². The lowest BCUT2D eigenvalue weighted by molar-refractivity contribution is -0.135. The Labute approximate surface area is 171 Å². The molecule has 0 bridgehead atoms. The zero-order valence-corrected chi connectivity index (χ0v) is 17.5. The molecule has 154 valence electrons. The van der Waals surface area contributed by atoms with Gasteiger partial charge in [0.05, 0.1) is 11.0 Å². The number of benzene rings is 1. The number of hydrogen-bond donors (Lipinski definition) is 3. The van der Waals surface area contributed by atoms with Gasteiger partial charge in [-0.25, -0.2) is 0 Å². The summed E-state index contributed by atoms with van der Waals surface area (Å²) >= 11 is 0. The molecule has 0 spiro atoms. The van der Waals surface area contributed by atoms with E-state index < -0.39 is 22.9 Å². The molecule has 0 saturated carbocycles. The highest BCUT2D eigenvalue weighted by atomic mass is 16.3. The van der Waals surface area contributed by atoms with Gasteiger partial charge < -0.3 is 15.3 Å². The number of allylic oxidation sites excluding steroid dienone is 5. The van der Waals surface area contributed by atoms with E-state index in [9.17, 15) is 24.9 Å². The highest BCUT2D eigenvalue weighted by molar-refractivity contribution is 6.14. The van der Waals surface area contributed by atoms with Crippen molar-refractivity contribution >= 4 is 11.6 Å². The number of aromatic hydroxyl groups is 2. The fraction of sp³-hybridized carbons (Fsp3) is 0.417. The molecule has 29 heavy (non-hydrogen) atoms. The largest absolute Gasteiger partial charge is 0.508 e. The number of carbonyl (C=O) groups excluding carboxylic acids is 2. The van der Waals surface area contributed by atoms with Crippen LogP contribution in [0.25, 0.3) is 0 Å². The molecule has 5 heteroatoms. The number of aliphatic hydroxyl groups is 1. The second-order valence-corrected chi connectivity index (χ2v) is 8.92. The Balaban J connectivity index is 2.34. The van der Waals surface area contributed by atoms with E-state index in [0.717, 1.165) is 5.57 Å². The number of fused-ring (bicyclic) bond motifs is 1. The van der Waals surface area contributed by atoms with Gasteiger partial charge in [-0.3, -0.25) is 9.59 Å². The third-order valence-electron chi connectivity index (χ3n) is 6.00. The van der Waals surface area contributed by atoms with Crippen molar-refractivity contribution < 1.29 is 24.9 Å². The third-order valence-corrected chi connectivity index (χ3v) is 6.00. The zero-order valence-electron chi connectivity index (χ0n) is 17.5. The molecule has 0 heterocycles. The van der Waals surface area contributed by atoms with E-state index in [-0.39, 0.29) is 23.1 Å². The molecular formula is C24H28O5. The molecule has 5 nitrogen and oxygen atoms in total. The van der Waals surface area contributed by atoms with Gasteiger partial charge in [-0.1, -0.05) is 23.8 Å². The molecule has 3 N–H and O–H groups in total. The number of rotatable bonds is 3. The van der Waals surface area contributed by atoms with Crippen LogP contribution >= 0.6 is 0 Å². The fourth-order valence-electron chi connectivity index (χ4n) is 4.44. The third kappa shape index (κ3) is 3.55. The summed E-state index contributed by atoms with van der Waals surface area (Å²) in [6, 6.07) is 2.92. The lowest BCUT2D eigenvalue weighted by Gasteiger charge is -2.47. The van der Waals surface area contributed by atoms with E-state index >= 15 is 0 Å². The van der Waals surface area contributed by atoms with Crippen molar-refractivity contribution in [3.63, 3.8) is 0 Å². The summed E-state index contributed by atoms with van der Waals surface area (Å²) in [6.07, 6.45) is 6.83. The standard InChI is InChI=1S/C24H28O5/c1-13-8-17(16-12-19(25)14(2)10-20(16)26)24(7-6-23(4,5)29)18(9-13)22(28)15(3)11-21(24)27/h6-8,10-12,17-18,25-26,29H,9H2,1-5H3/b7-6+/t17-,18+,24+/m1/s1. The Hall–Kier alpha value is -2.66. The molecule has 1 aromatic rings. The van der Waals surface area contributed by atoms with Crippen LogP contribution < -0.4 is 0 Å². The molecule has 0 saturated heterocycles. The fourth-order valence-corrected chi connectivity index (χ4v) is 4.44. The highest BCUT2D eigenvalue weighted by Gasteiger charge is 2.56. The number of Topliss-reactive ketones (excluding diaryl/α,β-unsaturated/α-hetero) is 1. The number of phenolic OH excluding ortho intramolecular Hbond substituents is 2. The Morgan fingerprint density at radius 1 is 1.10 bits per heavy atom. The number of aryl methyl sites for hydroxylation is 1. The van der Waals surface area contributed by atoms with Crippen LogP contribution in [-0.4, -0.2) is 32.5 Å². The first-order valence-electron chi connectivity index (χ1n) is 9.76. The van der Waals surface area contributed by atoms with E-state index in [0.29, 0.717) is 23.1 Å². The van der Waals surface area contributed by atoms with E-state index in [2.05, 4.69) is 0 Å². The normalized spacial score (nSPS) is 27.7. The van der Waals surface area contributed by atoms with Crippen LogP contribution in [0.3, 0.4) is 0 Å². The predicted octanol–water partition coefficient (Wildman–Crippen LogP) is 3.87. The first-order valence-corrected chi connectivity index (χ1v) is 9.76. The minimum absolute atomic E-state index is 0.00824. The van der Waals surface area contributed by atoms with E-state index in [1.165, 1.54) is 24.3 Å². The van der Waals surface area contributed by atoms with Gasteiger partial charge in [-0.05, 0) is 70.4 Å². The summed E-state index contributed by atoms with van der Waals surface area (Å²) in [6.45, 7) is 8.41. The molecule has 0 amide bonds. The Morgan fingerprint density at radius 3 is 2.38 bits per heavy atom. The summed E-state index contributed by atoms with van der Waals surface area (Å²) in [4.78, 5) is 26.5. The first kappa shape index (κ1) is 21.1. The summed E-state index contributed by atoms with van der Waals surface area (Å²) in [7, 11) is 0. The second-order valence-electron chi connectivity index (χ2n) is 8.92. The number of carbonyl (C=O) groups is 2. The maximum absolute atomic E-state index is 13.4. The molecule has 0 aliphatic heterocycles. The first-order chi connectivity index (χ1) is 13.4. The lowest BCUT2D eigenvalue weighted by atomic mass is 9.53. The van der Waals surface area contributed by atoms with Gasteiger partial charge in [0.15, 0.2) is 11.6 Å². The molecular weight excluding hydrogens is 368 g/mol. The summed E-state index contributed by atoms with van der Waals surface area (Å²) in [5.41, 5.74) is -0.222. The Morgan fingerprint density at radius 2 is 1.76 bits per heavy atom. The molecule has 1 aromatic carbocycles. The highest BCUT2D eigenvalue weighted by Crippen LogP contribution is 2.56. The average molecular weight is 396 g/mol. The van der Waals surface area contributed by atoms with Crippen molar-refractivity contribution in [3.8, 4) is 11.5 Å². The molecule has 0 unspecified atom stereocenters. The molecule has 0 aromatic heterocycles. The molecule has 3 atom stereocenters. The van der Waals surface area contributed by atoms with Crippen molar-refractivity contribution in [2.45, 2.75) is 52.6 Å². The lowest BCUT2D eigenvalue weighted by Crippen LogP contribution is -2.50.